The van der Waals surface area contributed by atoms with Gasteiger partial charge in [0.05, 0.1) is 19.0 Å². The molecule has 0 spiro atoms. The van der Waals surface area contributed by atoms with E-state index in [1.807, 2.05) is 24.3 Å². The summed E-state index contributed by atoms with van der Waals surface area (Å²) in [6, 6.07) is 13.0. The minimum absolute atomic E-state index is 0.464. The van der Waals surface area contributed by atoms with E-state index in [2.05, 4.69) is 15.0 Å². The number of aromatic nitrogens is 3. The second-order valence-corrected chi connectivity index (χ2v) is 4.91. The maximum atomic E-state index is 5.79. The van der Waals surface area contributed by atoms with Gasteiger partial charge in [0, 0.05) is 24.2 Å². The van der Waals surface area contributed by atoms with E-state index in [0.717, 1.165) is 16.9 Å². The number of hydrogen-bond donors (Lipinski definition) is 1. The van der Waals surface area contributed by atoms with Crippen LogP contribution in [0.5, 0.6) is 17.5 Å². The van der Waals surface area contributed by atoms with Crippen LogP contribution in [0.15, 0.2) is 55.0 Å². The molecule has 0 fully saturated rings. The largest absolute Gasteiger partial charge is 0.481 e. The van der Waals surface area contributed by atoms with Crippen molar-refractivity contribution in [2.75, 3.05) is 12.8 Å². The fraction of sp³-hybridized carbons (Fsp3) is 0.118. The van der Waals surface area contributed by atoms with Crippen molar-refractivity contribution in [2.45, 2.75) is 6.42 Å². The summed E-state index contributed by atoms with van der Waals surface area (Å²) in [6.07, 6.45) is 3.72. The highest BCUT2D eigenvalue weighted by molar-refractivity contribution is 5.41. The molecule has 0 amide bonds. The molecule has 0 aliphatic rings. The molecule has 0 bridgehead atoms. The summed E-state index contributed by atoms with van der Waals surface area (Å²) in [6.45, 7) is 0. The first-order chi connectivity index (χ1) is 11.2. The van der Waals surface area contributed by atoms with Crippen molar-refractivity contribution in [3.05, 3.63) is 66.2 Å². The first kappa shape index (κ1) is 14.8. The van der Waals surface area contributed by atoms with Gasteiger partial charge in [0.1, 0.15) is 12.1 Å². The van der Waals surface area contributed by atoms with Crippen LogP contribution >= 0.6 is 0 Å². The van der Waals surface area contributed by atoms with Gasteiger partial charge in [0.15, 0.2) is 0 Å². The lowest BCUT2D eigenvalue weighted by atomic mass is 10.1. The number of ether oxygens (including phenoxy) is 2. The molecule has 0 aliphatic carbocycles. The Balaban J connectivity index is 1.74. The van der Waals surface area contributed by atoms with Crippen LogP contribution in [0.2, 0.25) is 0 Å². The van der Waals surface area contributed by atoms with E-state index < -0.39 is 0 Å². The average molecular weight is 308 g/mol. The second-order valence-electron chi connectivity index (χ2n) is 4.91. The molecule has 0 atom stereocenters. The number of hydrogen-bond acceptors (Lipinski definition) is 6. The molecule has 6 heteroatoms. The molecular formula is C17H16N4O2. The molecule has 0 saturated heterocycles. The first-order valence-corrected chi connectivity index (χ1v) is 7.06. The van der Waals surface area contributed by atoms with Gasteiger partial charge in [-0.25, -0.2) is 15.0 Å². The first-order valence-electron chi connectivity index (χ1n) is 7.06. The van der Waals surface area contributed by atoms with Crippen LogP contribution in [0.1, 0.15) is 11.3 Å². The summed E-state index contributed by atoms with van der Waals surface area (Å²) in [5.41, 5.74) is 8.46. The van der Waals surface area contributed by atoms with E-state index in [1.165, 1.54) is 6.33 Å². The van der Waals surface area contributed by atoms with Crippen LogP contribution in [-0.4, -0.2) is 22.1 Å². The zero-order valence-electron chi connectivity index (χ0n) is 12.6. The molecule has 116 valence electrons. The van der Waals surface area contributed by atoms with Crippen molar-refractivity contribution in [1.82, 2.24) is 15.0 Å². The van der Waals surface area contributed by atoms with Crippen LogP contribution in [-0.2, 0) is 6.42 Å². The molecule has 2 N–H and O–H groups in total. The van der Waals surface area contributed by atoms with E-state index in [0.29, 0.717) is 23.9 Å². The zero-order chi connectivity index (χ0) is 16.1. The lowest BCUT2D eigenvalue weighted by Gasteiger charge is -2.07. The standard InChI is InChI=1S/C17H16N4O2/c1-22-16-6-5-15(10-19-16)23-17-9-14(20-11-21-17)8-12-3-2-4-13(18)7-12/h2-7,9-11H,8,18H2,1H3. The van der Waals surface area contributed by atoms with Gasteiger partial charge in [0.25, 0.3) is 0 Å². The molecule has 1 aromatic carbocycles. The SMILES string of the molecule is COc1ccc(Oc2cc(Cc3cccc(N)c3)ncn2)cn1. The van der Waals surface area contributed by atoms with Crippen LogP contribution in [0.4, 0.5) is 5.69 Å². The van der Waals surface area contributed by atoms with Crippen LogP contribution in [0.3, 0.4) is 0 Å². The van der Waals surface area contributed by atoms with E-state index >= 15 is 0 Å². The summed E-state index contributed by atoms with van der Waals surface area (Å²) >= 11 is 0. The molecule has 0 radical (unpaired) electrons. The molecular weight excluding hydrogens is 292 g/mol. The van der Waals surface area contributed by atoms with Gasteiger partial charge >= 0.3 is 0 Å². The predicted octanol–water partition coefficient (Wildman–Crippen LogP) is 2.85. The van der Waals surface area contributed by atoms with Gasteiger partial charge in [-0.15, -0.1) is 0 Å². The number of methoxy groups -OCH3 is 1. The van der Waals surface area contributed by atoms with Gasteiger partial charge in [-0.05, 0) is 23.8 Å². The molecule has 0 unspecified atom stereocenters. The van der Waals surface area contributed by atoms with Gasteiger partial charge in [0.2, 0.25) is 11.8 Å². The number of nitrogen functional groups attached to an aromatic ring is 1. The van der Waals surface area contributed by atoms with Crippen molar-refractivity contribution in [1.29, 1.82) is 0 Å². The highest BCUT2D eigenvalue weighted by Crippen LogP contribution is 2.21. The third-order valence-electron chi connectivity index (χ3n) is 3.18. The summed E-state index contributed by atoms with van der Waals surface area (Å²) in [7, 11) is 1.57. The minimum Gasteiger partial charge on any atom is -0.481 e. The van der Waals surface area contributed by atoms with E-state index in [4.69, 9.17) is 15.2 Å². The lowest BCUT2D eigenvalue weighted by Crippen LogP contribution is -1.97. The molecule has 0 aliphatic heterocycles. The highest BCUT2D eigenvalue weighted by atomic mass is 16.5. The number of pyridine rings is 1. The third kappa shape index (κ3) is 3.94. The Morgan fingerprint density at radius 3 is 2.65 bits per heavy atom. The van der Waals surface area contributed by atoms with Crippen LogP contribution in [0, 0.1) is 0 Å². The number of nitrogens with two attached hydrogens (primary N) is 1. The Hall–Kier alpha value is -3.15. The van der Waals surface area contributed by atoms with Crippen molar-refractivity contribution >= 4 is 5.69 Å². The predicted molar refractivity (Wildman–Crippen MR) is 86.6 cm³/mol. The smallest absolute Gasteiger partial charge is 0.222 e. The van der Waals surface area contributed by atoms with Gasteiger partial charge < -0.3 is 15.2 Å². The highest BCUT2D eigenvalue weighted by Gasteiger charge is 2.04. The van der Waals surface area contributed by atoms with Gasteiger partial charge in [-0.3, -0.25) is 0 Å². The summed E-state index contributed by atoms with van der Waals surface area (Å²) in [5.74, 6) is 1.58. The van der Waals surface area contributed by atoms with Crippen molar-refractivity contribution < 1.29 is 9.47 Å². The Kier molecular flexibility index (Phi) is 4.33. The molecule has 3 rings (SSSR count). The Morgan fingerprint density at radius 2 is 1.91 bits per heavy atom. The summed E-state index contributed by atoms with van der Waals surface area (Å²) < 4.78 is 10.7. The Bertz CT molecular complexity index is 791. The fourth-order valence-electron chi connectivity index (χ4n) is 2.11. The number of rotatable bonds is 5. The molecule has 6 nitrogen and oxygen atoms in total. The minimum atomic E-state index is 0.464. The van der Waals surface area contributed by atoms with Gasteiger partial charge in [-0.1, -0.05) is 12.1 Å². The van der Waals surface area contributed by atoms with E-state index in [1.54, 1.807) is 31.5 Å². The third-order valence-corrected chi connectivity index (χ3v) is 3.18. The maximum absolute atomic E-state index is 5.79. The molecule has 23 heavy (non-hydrogen) atoms. The Morgan fingerprint density at radius 1 is 1.00 bits per heavy atom. The molecule has 0 saturated carbocycles. The Labute approximate surface area is 134 Å². The summed E-state index contributed by atoms with van der Waals surface area (Å²) in [5, 5.41) is 0. The van der Waals surface area contributed by atoms with E-state index in [9.17, 15) is 0 Å². The van der Waals surface area contributed by atoms with Gasteiger partial charge in [-0.2, -0.15) is 0 Å². The molecule has 2 aromatic heterocycles. The topological polar surface area (TPSA) is 83.2 Å². The fourth-order valence-corrected chi connectivity index (χ4v) is 2.11. The summed E-state index contributed by atoms with van der Waals surface area (Å²) in [4.78, 5) is 12.5. The van der Waals surface area contributed by atoms with Crippen molar-refractivity contribution in [3.8, 4) is 17.5 Å². The van der Waals surface area contributed by atoms with Crippen LogP contribution < -0.4 is 15.2 Å². The lowest BCUT2D eigenvalue weighted by molar-refractivity contribution is 0.394. The molecule has 3 aromatic rings. The normalized spacial score (nSPS) is 10.3. The van der Waals surface area contributed by atoms with Crippen molar-refractivity contribution in [2.24, 2.45) is 0 Å². The average Bonchev–Trinajstić information content (AvgIpc) is 2.56. The van der Waals surface area contributed by atoms with E-state index in [-0.39, 0.29) is 0 Å². The van der Waals surface area contributed by atoms with Crippen molar-refractivity contribution in [3.63, 3.8) is 0 Å². The zero-order valence-corrected chi connectivity index (χ0v) is 12.6. The number of anilines is 1. The number of nitrogens with zero attached hydrogens (tertiary/aromatic N) is 3. The quantitative estimate of drug-likeness (QED) is 0.730. The second kappa shape index (κ2) is 6.74. The number of benzene rings is 1. The maximum Gasteiger partial charge on any atom is 0.222 e. The monoisotopic (exact) mass is 308 g/mol. The van der Waals surface area contributed by atoms with Crippen LogP contribution in [0.25, 0.3) is 0 Å². The molecule has 2 heterocycles.